The van der Waals surface area contributed by atoms with Crippen LogP contribution in [0.1, 0.15) is 57.2 Å². The number of ether oxygens (including phenoxy) is 1. The van der Waals surface area contributed by atoms with Crippen LogP contribution in [0.5, 0.6) is 0 Å². The van der Waals surface area contributed by atoms with Crippen LogP contribution in [0.2, 0.25) is 18.1 Å². The van der Waals surface area contributed by atoms with Crippen LogP contribution in [0.3, 0.4) is 0 Å². The van der Waals surface area contributed by atoms with Crippen LogP contribution in [0.15, 0.2) is 60.7 Å². The van der Waals surface area contributed by atoms with E-state index in [-0.39, 0.29) is 17.7 Å². The molecule has 2 aromatic carbocycles. The van der Waals surface area contributed by atoms with Crippen molar-refractivity contribution in [2.45, 2.75) is 76.9 Å². The van der Waals surface area contributed by atoms with Gasteiger partial charge >= 0.3 is 0 Å². The Morgan fingerprint density at radius 2 is 1.68 bits per heavy atom. The first-order valence-electron chi connectivity index (χ1n) is 12.9. The highest BCUT2D eigenvalue weighted by Gasteiger charge is 2.39. The summed E-state index contributed by atoms with van der Waals surface area (Å²) in [5.41, 5.74) is 2.41. The highest BCUT2D eigenvalue weighted by Crippen LogP contribution is 2.38. The first kappa shape index (κ1) is 27.1. The number of likely N-dealkylation sites (tertiary alicyclic amines) is 1. The van der Waals surface area contributed by atoms with E-state index >= 15 is 0 Å². The van der Waals surface area contributed by atoms with Crippen LogP contribution >= 0.6 is 0 Å². The molecule has 0 amide bonds. The fraction of sp³-hybridized carbons (Fsp3) is 0.586. The molecule has 3 atom stereocenters. The van der Waals surface area contributed by atoms with Crippen molar-refractivity contribution in [3.05, 3.63) is 71.8 Å². The molecular weight excluding hydrogens is 438 g/mol. The minimum Gasteiger partial charge on any atom is -0.417 e. The zero-order valence-corrected chi connectivity index (χ0v) is 22.9. The Bertz CT molecular complexity index is 837. The van der Waals surface area contributed by atoms with Crippen LogP contribution in [0.25, 0.3) is 0 Å². The smallest absolute Gasteiger partial charge is 0.191 e. The van der Waals surface area contributed by atoms with E-state index < -0.39 is 8.32 Å². The third kappa shape index (κ3) is 7.25. The van der Waals surface area contributed by atoms with Gasteiger partial charge in [-0.15, -0.1) is 0 Å². The summed E-state index contributed by atoms with van der Waals surface area (Å²) >= 11 is 0. The summed E-state index contributed by atoms with van der Waals surface area (Å²) in [5.74, 6) is 0.467. The molecule has 0 radical (unpaired) electrons. The highest BCUT2D eigenvalue weighted by atomic mass is 28.4. The minimum atomic E-state index is -1.73. The van der Waals surface area contributed by atoms with E-state index in [0.717, 1.165) is 39.0 Å². The molecule has 2 aromatic rings. The first-order valence-corrected chi connectivity index (χ1v) is 15.8. The molecule has 5 heteroatoms. The number of benzene rings is 2. The summed E-state index contributed by atoms with van der Waals surface area (Å²) in [6.07, 6.45) is 3.21. The molecule has 1 saturated heterocycles. The van der Waals surface area contributed by atoms with Gasteiger partial charge in [-0.1, -0.05) is 81.4 Å². The van der Waals surface area contributed by atoms with Crippen molar-refractivity contribution in [3.63, 3.8) is 0 Å². The molecule has 0 bridgehead atoms. The maximum absolute atomic E-state index is 10.3. The first-order chi connectivity index (χ1) is 16.2. The zero-order valence-electron chi connectivity index (χ0n) is 21.9. The van der Waals surface area contributed by atoms with Crippen LogP contribution < -0.4 is 0 Å². The molecule has 188 valence electrons. The Balaban J connectivity index is 1.64. The van der Waals surface area contributed by atoms with Crippen molar-refractivity contribution in [1.29, 1.82) is 0 Å². The summed E-state index contributed by atoms with van der Waals surface area (Å²) in [6.45, 7) is 14.9. The van der Waals surface area contributed by atoms with Gasteiger partial charge in [0.25, 0.3) is 0 Å². The van der Waals surface area contributed by atoms with E-state index in [1.807, 2.05) is 12.1 Å². The van der Waals surface area contributed by atoms with Gasteiger partial charge in [0, 0.05) is 12.6 Å². The number of hydrogen-bond acceptors (Lipinski definition) is 4. The molecule has 0 aliphatic carbocycles. The molecule has 0 unspecified atom stereocenters. The molecule has 34 heavy (non-hydrogen) atoms. The second-order valence-electron chi connectivity index (χ2n) is 11.2. The lowest BCUT2D eigenvalue weighted by molar-refractivity contribution is 0.0486. The van der Waals surface area contributed by atoms with Crippen molar-refractivity contribution in [2.24, 2.45) is 5.92 Å². The molecular formula is C29H45NO3Si. The average molecular weight is 484 g/mol. The van der Waals surface area contributed by atoms with Gasteiger partial charge in [0.05, 0.1) is 25.9 Å². The number of nitrogens with zero attached hydrogens (tertiary/aromatic N) is 1. The van der Waals surface area contributed by atoms with Crippen molar-refractivity contribution in [1.82, 2.24) is 4.90 Å². The summed E-state index contributed by atoms with van der Waals surface area (Å²) in [4.78, 5) is 2.53. The molecule has 0 spiro atoms. The Kier molecular flexibility index (Phi) is 9.92. The molecule has 4 nitrogen and oxygen atoms in total. The third-order valence-corrected chi connectivity index (χ3v) is 12.4. The van der Waals surface area contributed by atoms with Crippen LogP contribution in [-0.2, 0) is 15.8 Å². The van der Waals surface area contributed by atoms with Crippen LogP contribution in [-0.4, -0.2) is 50.7 Å². The fourth-order valence-electron chi connectivity index (χ4n) is 4.74. The van der Waals surface area contributed by atoms with Crippen LogP contribution in [0, 0.1) is 5.92 Å². The predicted molar refractivity (Wildman–Crippen MR) is 143 cm³/mol. The Morgan fingerprint density at radius 3 is 2.29 bits per heavy atom. The molecule has 3 rings (SSSR count). The maximum Gasteiger partial charge on any atom is 0.191 e. The lowest BCUT2D eigenvalue weighted by Crippen LogP contribution is -2.41. The van der Waals surface area contributed by atoms with Gasteiger partial charge in [0.1, 0.15) is 0 Å². The molecule has 0 aromatic heterocycles. The quantitative estimate of drug-likeness (QED) is 0.279. The molecule has 1 aliphatic rings. The number of hydrogen-bond donors (Lipinski definition) is 1. The Morgan fingerprint density at radius 1 is 1.03 bits per heavy atom. The van der Waals surface area contributed by atoms with Gasteiger partial charge in [0.15, 0.2) is 8.32 Å². The maximum atomic E-state index is 10.3. The van der Waals surface area contributed by atoms with E-state index in [1.165, 1.54) is 11.1 Å². The normalized spacial score (nSPS) is 20.5. The van der Waals surface area contributed by atoms with E-state index in [0.29, 0.717) is 18.6 Å². The molecule has 1 N–H and O–H groups in total. The van der Waals surface area contributed by atoms with Gasteiger partial charge in [-0.3, -0.25) is 4.90 Å². The van der Waals surface area contributed by atoms with Gasteiger partial charge in [-0.05, 0) is 61.0 Å². The summed E-state index contributed by atoms with van der Waals surface area (Å²) < 4.78 is 12.7. The van der Waals surface area contributed by atoms with E-state index in [2.05, 4.69) is 87.3 Å². The molecule has 1 heterocycles. The zero-order chi connectivity index (χ0) is 24.6. The Hall–Kier alpha value is -1.50. The Labute approximate surface area is 208 Å². The largest absolute Gasteiger partial charge is 0.417 e. The van der Waals surface area contributed by atoms with Crippen LogP contribution in [0.4, 0.5) is 0 Å². The fourth-order valence-corrected chi connectivity index (χ4v) is 5.83. The van der Waals surface area contributed by atoms with E-state index in [9.17, 15) is 5.11 Å². The minimum absolute atomic E-state index is 0.0339. The van der Waals surface area contributed by atoms with Gasteiger partial charge in [-0.25, -0.2) is 0 Å². The van der Waals surface area contributed by atoms with Crippen molar-refractivity contribution >= 4 is 8.32 Å². The molecule has 0 saturated carbocycles. The lowest BCUT2D eigenvalue weighted by Gasteiger charge is -2.37. The van der Waals surface area contributed by atoms with E-state index in [1.54, 1.807) is 0 Å². The number of aliphatic hydroxyl groups excluding tert-OH is 1. The van der Waals surface area contributed by atoms with Crippen molar-refractivity contribution in [2.75, 3.05) is 26.4 Å². The van der Waals surface area contributed by atoms with Crippen molar-refractivity contribution < 1.29 is 14.3 Å². The summed E-state index contributed by atoms with van der Waals surface area (Å²) in [6, 6.07) is 21.3. The average Bonchev–Trinajstić information content (AvgIpc) is 3.20. The topological polar surface area (TPSA) is 41.9 Å². The van der Waals surface area contributed by atoms with E-state index in [4.69, 9.17) is 9.16 Å². The SMILES string of the molecule is CC(C)(C)[Si](C)(C)OCCC[C@H]1[C@@H](COCc2ccccc2)CCN1[C@@H](CO)c1ccccc1. The standard InChI is InChI=1S/C29H45NO3Si/c1-29(2,3)34(4,5)33-20-12-17-27-26(23-32-22-24-13-8-6-9-14-24)18-19-30(27)28(21-31)25-15-10-7-11-16-25/h6-11,13-16,26-28,31H,12,17-23H2,1-5H3/t26-,27+,28+/m1/s1. The van der Waals surface area contributed by atoms with Gasteiger partial charge in [-0.2, -0.15) is 0 Å². The summed E-state index contributed by atoms with van der Waals surface area (Å²) in [5, 5.41) is 10.6. The predicted octanol–water partition coefficient (Wildman–Crippen LogP) is 6.43. The number of rotatable bonds is 12. The van der Waals surface area contributed by atoms with Crippen molar-refractivity contribution in [3.8, 4) is 0 Å². The third-order valence-electron chi connectivity index (χ3n) is 7.84. The second-order valence-corrected chi connectivity index (χ2v) is 16.0. The second kappa shape index (κ2) is 12.5. The summed E-state index contributed by atoms with van der Waals surface area (Å²) in [7, 11) is -1.73. The molecule has 1 fully saturated rings. The van der Waals surface area contributed by atoms with Gasteiger partial charge < -0.3 is 14.3 Å². The lowest BCUT2D eigenvalue weighted by atomic mass is 9.95. The monoisotopic (exact) mass is 483 g/mol. The number of aliphatic hydroxyl groups is 1. The van der Waals surface area contributed by atoms with Gasteiger partial charge in [0.2, 0.25) is 0 Å². The highest BCUT2D eigenvalue weighted by molar-refractivity contribution is 6.74. The molecule has 1 aliphatic heterocycles.